The van der Waals surface area contributed by atoms with Crippen LogP contribution in [0.3, 0.4) is 0 Å². The summed E-state index contributed by atoms with van der Waals surface area (Å²) >= 11 is 0. The van der Waals surface area contributed by atoms with Crippen LogP contribution in [-0.4, -0.2) is 11.6 Å². The van der Waals surface area contributed by atoms with Gasteiger partial charge in [0, 0.05) is 6.20 Å². The number of pyridine rings is 1. The van der Waals surface area contributed by atoms with Crippen LogP contribution < -0.4 is 4.74 Å². The fraction of sp³-hybridized carbons (Fsp3) is 0.545. The molecule has 4 heteroatoms. The minimum Gasteiger partial charge on any atom is -0.433 e. The van der Waals surface area contributed by atoms with E-state index in [0.29, 0.717) is 0 Å². The lowest BCUT2D eigenvalue weighted by atomic mass is 9.89. The molecule has 1 aromatic heterocycles. The smallest absolute Gasteiger partial charge is 0.387 e. The molecule has 0 radical (unpaired) electrons. The largest absolute Gasteiger partial charge is 0.433 e. The van der Waals surface area contributed by atoms with Gasteiger partial charge in [0.05, 0.1) is 6.20 Å². The zero-order valence-electron chi connectivity index (χ0n) is 9.13. The van der Waals surface area contributed by atoms with Gasteiger partial charge < -0.3 is 4.74 Å². The molecular weight excluding hydrogens is 200 g/mol. The Morgan fingerprint density at radius 1 is 1.33 bits per heavy atom. The molecule has 0 aliphatic carbocycles. The lowest BCUT2D eigenvalue weighted by Crippen LogP contribution is -2.10. The standard InChI is InChI=1S/C11H15F2NO/c1-11(2,3)5-8-4-9(7-14-6-8)15-10(12)13/h4,6-7,10H,5H2,1-3H3. The van der Waals surface area contributed by atoms with Crippen LogP contribution in [0.5, 0.6) is 5.75 Å². The van der Waals surface area contributed by atoms with E-state index < -0.39 is 6.61 Å². The maximum atomic E-state index is 11.9. The summed E-state index contributed by atoms with van der Waals surface area (Å²) in [6.45, 7) is 3.44. The van der Waals surface area contributed by atoms with E-state index in [-0.39, 0.29) is 11.2 Å². The normalized spacial score (nSPS) is 11.9. The van der Waals surface area contributed by atoms with Gasteiger partial charge in [-0.2, -0.15) is 8.78 Å². The van der Waals surface area contributed by atoms with Crippen LogP contribution in [0, 0.1) is 5.41 Å². The Labute approximate surface area is 88.3 Å². The van der Waals surface area contributed by atoms with Gasteiger partial charge in [-0.05, 0) is 23.5 Å². The molecule has 0 atom stereocenters. The molecule has 0 fully saturated rings. The van der Waals surface area contributed by atoms with Crippen LogP contribution in [0.4, 0.5) is 8.78 Å². The minimum atomic E-state index is -2.79. The summed E-state index contributed by atoms with van der Waals surface area (Å²) in [6.07, 6.45) is 3.74. The Morgan fingerprint density at radius 2 is 2.00 bits per heavy atom. The van der Waals surface area contributed by atoms with Gasteiger partial charge in [0.25, 0.3) is 0 Å². The van der Waals surface area contributed by atoms with Crippen molar-refractivity contribution in [1.29, 1.82) is 0 Å². The summed E-state index contributed by atoms with van der Waals surface area (Å²) in [5, 5.41) is 0. The van der Waals surface area contributed by atoms with Gasteiger partial charge >= 0.3 is 6.61 Å². The first kappa shape index (κ1) is 11.9. The van der Waals surface area contributed by atoms with E-state index in [0.717, 1.165) is 12.0 Å². The first-order valence-corrected chi connectivity index (χ1v) is 4.75. The van der Waals surface area contributed by atoms with Crippen molar-refractivity contribution in [2.24, 2.45) is 5.41 Å². The average molecular weight is 215 g/mol. The number of nitrogens with zero attached hydrogens (tertiary/aromatic N) is 1. The molecule has 1 rings (SSSR count). The van der Waals surface area contributed by atoms with E-state index >= 15 is 0 Å². The quantitative estimate of drug-likeness (QED) is 0.772. The summed E-state index contributed by atoms with van der Waals surface area (Å²) < 4.78 is 28.2. The molecule has 0 saturated carbocycles. The fourth-order valence-corrected chi connectivity index (χ4v) is 1.34. The summed E-state index contributed by atoms with van der Waals surface area (Å²) in [7, 11) is 0. The minimum absolute atomic E-state index is 0.102. The Morgan fingerprint density at radius 3 is 2.53 bits per heavy atom. The second-order valence-corrected chi connectivity index (χ2v) is 4.64. The molecule has 0 aliphatic rings. The molecule has 15 heavy (non-hydrogen) atoms. The molecule has 0 amide bonds. The van der Waals surface area contributed by atoms with Crippen molar-refractivity contribution >= 4 is 0 Å². The van der Waals surface area contributed by atoms with Gasteiger partial charge in [0.2, 0.25) is 0 Å². The van der Waals surface area contributed by atoms with Gasteiger partial charge in [-0.1, -0.05) is 20.8 Å². The van der Waals surface area contributed by atoms with E-state index in [1.54, 1.807) is 12.3 Å². The Kier molecular flexibility index (Phi) is 3.61. The van der Waals surface area contributed by atoms with Crippen molar-refractivity contribution in [2.75, 3.05) is 0 Å². The summed E-state index contributed by atoms with van der Waals surface area (Å²) in [6, 6.07) is 1.60. The molecule has 0 aliphatic heterocycles. The third-order valence-corrected chi connectivity index (χ3v) is 1.73. The van der Waals surface area contributed by atoms with Crippen LogP contribution >= 0.6 is 0 Å². The number of hydrogen-bond donors (Lipinski definition) is 0. The average Bonchev–Trinajstić information content (AvgIpc) is 1.99. The zero-order chi connectivity index (χ0) is 11.5. The fourth-order valence-electron chi connectivity index (χ4n) is 1.34. The Bertz CT molecular complexity index is 321. The lowest BCUT2D eigenvalue weighted by molar-refractivity contribution is -0.0501. The molecule has 84 valence electrons. The van der Waals surface area contributed by atoms with Crippen molar-refractivity contribution < 1.29 is 13.5 Å². The summed E-state index contributed by atoms with van der Waals surface area (Å²) in [5.41, 5.74) is 1.01. The van der Waals surface area contributed by atoms with Crippen LogP contribution in [0.15, 0.2) is 18.5 Å². The monoisotopic (exact) mass is 215 g/mol. The van der Waals surface area contributed by atoms with Gasteiger partial charge in [-0.15, -0.1) is 0 Å². The highest BCUT2D eigenvalue weighted by Crippen LogP contribution is 2.22. The molecule has 2 nitrogen and oxygen atoms in total. The third-order valence-electron chi connectivity index (χ3n) is 1.73. The number of aromatic nitrogens is 1. The molecule has 0 spiro atoms. The first-order chi connectivity index (χ1) is 6.87. The second kappa shape index (κ2) is 4.55. The molecule has 1 heterocycles. The highest BCUT2D eigenvalue weighted by Gasteiger charge is 2.12. The van der Waals surface area contributed by atoms with Crippen molar-refractivity contribution in [3.05, 3.63) is 24.0 Å². The number of hydrogen-bond acceptors (Lipinski definition) is 2. The maximum absolute atomic E-state index is 11.9. The number of rotatable bonds is 3. The second-order valence-electron chi connectivity index (χ2n) is 4.64. The maximum Gasteiger partial charge on any atom is 0.387 e. The van der Waals surface area contributed by atoms with Crippen LogP contribution in [0.1, 0.15) is 26.3 Å². The van der Waals surface area contributed by atoms with Gasteiger partial charge in [0.15, 0.2) is 0 Å². The van der Waals surface area contributed by atoms with Crippen LogP contribution in [0.2, 0.25) is 0 Å². The molecule has 0 unspecified atom stereocenters. The lowest BCUT2D eigenvalue weighted by Gasteiger charge is -2.18. The van der Waals surface area contributed by atoms with E-state index in [1.165, 1.54) is 6.20 Å². The van der Waals surface area contributed by atoms with Gasteiger partial charge in [-0.25, -0.2) is 0 Å². The molecule has 0 aromatic carbocycles. The van der Waals surface area contributed by atoms with Crippen molar-refractivity contribution in [1.82, 2.24) is 4.98 Å². The van der Waals surface area contributed by atoms with E-state index in [9.17, 15) is 8.78 Å². The van der Waals surface area contributed by atoms with Crippen molar-refractivity contribution in [3.63, 3.8) is 0 Å². The molecule has 0 saturated heterocycles. The van der Waals surface area contributed by atoms with E-state index in [4.69, 9.17) is 0 Å². The summed E-state index contributed by atoms with van der Waals surface area (Å²) in [5.74, 6) is 0.117. The summed E-state index contributed by atoms with van der Waals surface area (Å²) in [4.78, 5) is 3.86. The van der Waals surface area contributed by atoms with Crippen molar-refractivity contribution in [3.8, 4) is 5.75 Å². The molecule has 0 bridgehead atoms. The Balaban J connectivity index is 2.74. The molecule has 0 N–H and O–H groups in total. The van der Waals surface area contributed by atoms with Gasteiger partial charge in [0.1, 0.15) is 5.75 Å². The zero-order valence-corrected chi connectivity index (χ0v) is 9.13. The van der Waals surface area contributed by atoms with Crippen molar-refractivity contribution in [2.45, 2.75) is 33.8 Å². The topological polar surface area (TPSA) is 22.1 Å². The SMILES string of the molecule is CC(C)(C)Cc1cncc(OC(F)F)c1. The molecule has 1 aromatic rings. The van der Waals surface area contributed by atoms with E-state index in [2.05, 4.69) is 30.5 Å². The number of alkyl halides is 2. The first-order valence-electron chi connectivity index (χ1n) is 4.75. The van der Waals surface area contributed by atoms with Crippen LogP contribution in [0.25, 0.3) is 0 Å². The van der Waals surface area contributed by atoms with E-state index in [1.807, 2.05) is 0 Å². The predicted molar refractivity (Wildman–Crippen MR) is 54.0 cm³/mol. The predicted octanol–water partition coefficient (Wildman–Crippen LogP) is 3.27. The Hall–Kier alpha value is -1.19. The third kappa shape index (κ3) is 4.72. The highest BCUT2D eigenvalue weighted by molar-refractivity contribution is 5.24. The molecular formula is C11H15F2NO. The van der Waals surface area contributed by atoms with Gasteiger partial charge in [-0.3, -0.25) is 4.98 Å². The van der Waals surface area contributed by atoms with Crippen LogP contribution in [-0.2, 0) is 6.42 Å². The number of halogens is 2. The highest BCUT2D eigenvalue weighted by atomic mass is 19.3. The number of ether oxygens (including phenoxy) is 1.